The molecule has 1 fully saturated rings. The number of rotatable bonds is 3. The van der Waals surface area contributed by atoms with Crippen LogP contribution in [0.15, 0.2) is 34.3 Å². The minimum Gasteiger partial charge on any atom is -0.492 e. The molecular formula is C18H20N4O2S. The van der Waals surface area contributed by atoms with Gasteiger partial charge in [0, 0.05) is 36.5 Å². The molecule has 1 unspecified atom stereocenters. The summed E-state index contributed by atoms with van der Waals surface area (Å²) in [4.78, 5) is 20.8. The zero-order valence-electron chi connectivity index (χ0n) is 14.1. The lowest BCUT2D eigenvalue weighted by atomic mass is 9.88. The number of carbonyl (C=O) groups excluding carboxylic acids is 1. The van der Waals surface area contributed by atoms with Crippen molar-refractivity contribution in [2.45, 2.75) is 37.5 Å². The van der Waals surface area contributed by atoms with Crippen LogP contribution in [0.2, 0.25) is 0 Å². The van der Waals surface area contributed by atoms with Gasteiger partial charge >= 0.3 is 0 Å². The van der Waals surface area contributed by atoms with Crippen molar-refractivity contribution in [3.63, 3.8) is 0 Å². The maximum absolute atomic E-state index is 12.8. The van der Waals surface area contributed by atoms with Crippen LogP contribution in [0.5, 0.6) is 0 Å². The first kappa shape index (κ1) is 15.4. The van der Waals surface area contributed by atoms with E-state index in [1.54, 1.807) is 18.0 Å². The molecule has 7 heteroatoms. The van der Waals surface area contributed by atoms with Crippen molar-refractivity contribution in [3.8, 4) is 0 Å². The van der Waals surface area contributed by atoms with Crippen LogP contribution in [0, 0.1) is 0 Å². The molecule has 2 atom stereocenters. The lowest BCUT2D eigenvalue weighted by Gasteiger charge is -2.38. The maximum atomic E-state index is 12.8. The summed E-state index contributed by atoms with van der Waals surface area (Å²) in [5.74, 6) is 0.827. The van der Waals surface area contributed by atoms with Crippen molar-refractivity contribution in [2.75, 3.05) is 19.7 Å². The number of amides is 1. The number of hydrogen-bond acceptors (Lipinski definition) is 5. The van der Waals surface area contributed by atoms with E-state index in [1.165, 1.54) is 12.0 Å². The highest BCUT2D eigenvalue weighted by Crippen LogP contribution is 2.52. The Morgan fingerprint density at radius 1 is 1.40 bits per heavy atom. The van der Waals surface area contributed by atoms with Crippen molar-refractivity contribution in [2.24, 2.45) is 4.99 Å². The van der Waals surface area contributed by atoms with E-state index in [4.69, 9.17) is 4.74 Å². The molecule has 5 rings (SSSR count). The monoisotopic (exact) mass is 356 g/mol. The number of hydrogen-bond donors (Lipinski definition) is 1. The first-order valence-electron chi connectivity index (χ1n) is 8.87. The number of nitrogens with zero attached hydrogens (tertiary/aromatic N) is 3. The van der Waals surface area contributed by atoms with E-state index < -0.39 is 0 Å². The van der Waals surface area contributed by atoms with E-state index in [0.717, 1.165) is 53.4 Å². The van der Waals surface area contributed by atoms with Crippen LogP contribution in [0.25, 0.3) is 4.91 Å². The summed E-state index contributed by atoms with van der Waals surface area (Å²) in [7, 11) is 0. The molecule has 25 heavy (non-hydrogen) atoms. The van der Waals surface area contributed by atoms with Gasteiger partial charge in [-0.2, -0.15) is 5.10 Å². The highest BCUT2D eigenvalue weighted by Gasteiger charge is 2.45. The number of aromatic amines is 1. The van der Waals surface area contributed by atoms with Gasteiger partial charge in [-0.05, 0) is 31.8 Å². The van der Waals surface area contributed by atoms with E-state index >= 15 is 0 Å². The number of thioether (sulfide) groups is 1. The average molecular weight is 356 g/mol. The Kier molecular flexibility index (Phi) is 3.60. The number of H-pyrrole nitrogens is 1. The van der Waals surface area contributed by atoms with Crippen molar-refractivity contribution in [1.29, 1.82) is 0 Å². The highest BCUT2D eigenvalue weighted by atomic mass is 32.2. The predicted molar refractivity (Wildman–Crippen MR) is 97.2 cm³/mol. The third kappa shape index (κ3) is 2.33. The zero-order chi connectivity index (χ0) is 17.0. The van der Waals surface area contributed by atoms with Gasteiger partial charge in [-0.25, -0.2) is 4.99 Å². The van der Waals surface area contributed by atoms with Gasteiger partial charge in [0.15, 0.2) is 0 Å². The number of likely N-dealkylation sites (tertiary alicyclic amines) is 1. The molecule has 6 nitrogen and oxygen atoms in total. The average Bonchev–Trinajstić information content (AvgIpc) is 3.14. The third-order valence-electron chi connectivity index (χ3n) is 5.45. The van der Waals surface area contributed by atoms with Crippen LogP contribution in [0.4, 0.5) is 0 Å². The number of aromatic nitrogens is 2. The van der Waals surface area contributed by atoms with Crippen molar-refractivity contribution in [3.05, 3.63) is 34.9 Å². The molecule has 0 aromatic carbocycles. The fourth-order valence-corrected chi connectivity index (χ4v) is 5.25. The summed E-state index contributed by atoms with van der Waals surface area (Å²) in [6.07, 6.45) is 6.76. The summed E-state index contributed by atoms with van der Waals surface area (Å²) >= 11 is 1.55. The summed E-state index contributed by atoms with van der Waals surface area (Å²) in [6, 6.07) is 0.198. The number of allylic oxidation sites excluding steroid dienone is 1. The minimum absolute atomic E-state index is 0.0485. The molecule has 4 aliphatic heterocycles. The number of dihydropyridines is 1. The molecular weight excluding hydrogens is 336 g/mol. The zero-order valence-corrected chi connectivity index (χ0v) is 14.9. The van der Waals surface area contributed by atoms with Gasteiger partial charge in [-0.1, -0.05) is 0 Å². The summed E-state index contributed by atoms with van der Waals surface area (Å²) in [5.41, 5.74) is 4.25. The Morgan fingerprint density at radius 3 is 3.00 bits per heavy atom. The first-order valence-corrected chi connectivity index (χ1v) is 9.75. The van der Waals surface area contributed by atoms with Crippen molar-refractivity contribution >= 4 is 28.3 Å². The Morgan fingerprint density at radius 2 is 2.28 bits per heavy atom. The van der Waals surface area contributed by atoms with Crippen molar-refractivity contribution in [1.82, 2.24) is 15.1 Å². The molecule has 1 N–H and O–H groups in total. The fourth-order valence-electron chi connectivity index (χ4n) is 3.97. The van der Waals surface area contributed by atoms with Gasteiger partial charge in [-0.15, -0.1) is 11.8 Å². The van der Waals surface area contributed by atoms with Crippen LogP contribution in [0.3, 0.4) is 0 Å². The van der Waals surface area contributed by atoms with E-state index in [2.05, 4.69) is 27.0 Å². The molecule has 0 aliphatic carbocycles. The SMILES string of the molecule is C[C@H](C1=NC(=O)C2SC(c3cn[nH]c3)=C3OCCCC1=C32)N1CCC1. The smallest absolute Gasteiger partial charge is 0.264 e. The van der Waals surface area contributed by atoms with Crippen LogP contribution < -0.4 is 0 Å². The lowest BCUT2D eigenvalue weighted by Crippen LogP contribution is -2.49. The first-order chi connectivity index (χ1) is 12.2. The molecule has 0 bridgehead atoms. The quantitative estimate of drug-likeness (QED) is 0.900. The molecule has 4 aliphatic rings. The fraction of sp³-hybridized carbons (Fsp3) is 0.500. The summed E-state index contributed by atoms with van der Waals surface area (Å²) < 4.78 is 6.12. The van der Waals surface area contributed by atoms with E-state index in [1.807, 2.05) is 6.20 Å². The van der Waals surface area contributed by atoms with Gasteiger partial charge in [0.2, 0.25) is 0 Å². The molecule has 130 valence electrons. The van der Waals surface area contributed by atoms with Crippen LogP contribution in [0.1, 0.15) is 31.7 Å². The summed E-state index contributed by atoms with van der Waals surface area (Å²) in [5, 5.41) is 6.65. The number of ether oxygens (including phenoxy) is 1. The molecule has 0 spiro atoms. The second kappa shape index (κ2) is 5.85. The van der Waals surface area contributed by atoms with Gasteiger partial charge < -0.3 is 4.74 Å². The Bertz CT molecular complexity index is 820. The van der Waals surface area contributed by atoms with Gasteiger partial charge in [0.05, 0.1) is 23.4 Å². The van der Waals surface area contributed by atoms with E-state index in [-0.39, 0.29) is 17.2 Å². The second-order valence-electron chi connectivity index (χ2n) is 6.89. The van der Waals surface area contributed by atoms with Gasteiger partial charge in [0.1, 0.15) is 11.0 Å². The number of aliphatic imine (C=N–C) groups is 1. The molecule has 5 heterocycles. The number of nitrogens with one attached hydrogen (secondary N) is 1. The molecule has 1 aromatic heterocycles. The molecule has 0 saturated carbocycles. The molecule has 1 saturated heterocycles. The Hall–Kier alpha value is -1.86. The van der Waals surface area contributed by atoms with Crippen LogP contribution >= 0.6 is 11.8 Å². The van der Waals surface area contributed by atoms with E-state index in [0.29, 0.717) is 6.61 Å². The lowest BCUT2D eigenvalue weighted by molar-refractivity contribution is -0.116. The standard InChI is InChI=1S/C18H20N4O2S/c1-10(22-5-3-6-22)14-12-4-2-7-24-15-13(12)17(18(23)21-14)25-16(15)11-8-19-20-9-11/h8-10,17H,2-7H2,1H3,(H,19,20)/t10-,17?/m1/s1. The Labute approximate surface area is 150 Å². The van der Waals surface area contributed by atoms with Crippen LogP contribution in [-0.4, -0.2) is 57.7 Å². The Balaban J connectivity index is 1.63. The maximum Gasteiger partial charge on any atom is 0.264 e. The minimum atomic E-state index is -0.264. The predicted octanol–water partition coefficient (Wildman–Crippen LogP) is 2.38. The normalized spacial score (nSPS) is 27.5. The molecule has 1 aromatic rings. The third-order valence-corrected chi connectivity index (χ3v) is 6.78. The summed E-state index contributed by atoms with van der Waals surface area (Å²) in [6.45, 7) is 5.03. The van der Waals surface area contributed by atoms with Crippen molar-refractivity contribution < 1.29 is 9.53 Å². The highest BCUT2D eigenvalue weighted by molar-refractivity contribution is 8.10. The molecule has 0 radical (unpaired) electrons. The van der Waals surface area contributed by atoms with E-state index in [9.17, 15) is 4.79 Å². The van der Waals surface area contributed by atoms with Crippen LogP contribution in [-0.2, 0) is 9.53 Å². The second-order valence-corrected chi connectivity index (χ2v) is 8.00. The largest absolute Gasteiger partial charge is 0.492 e. The van der Waals surface area contributed by atoms with Gasteiger partial charge in [0.25, 0.3) is 5.91 Å². The number of carbonyl (C=O) groups is 1. The molecule has 1 amide bonds. The van der Waals surface area contributed by atoms with Gasteiger partial charge in [-0.3, -0.25) is 14.8 Å². The topological polar surface area (TPSA) is 70.6 Å².